The SMILES string of the molecule is [CH2]CCC(C)(C)NCC. The van der Waals surface area contributed by atoms with Crippen LogP contribution in [-0.4, -0.2) is 12.1 Å². The van der Waals surface area contributed by atoms with E-state index in [0.717, 1.165) is 19.4 Å². The predicted molar refractivity (Wildman–Crippen MR) is 42.3 cm³/mol. The molecule has 0 aromatic rings. The highest BCUT2D eigenvalue weighted by Crippen LogP contribution is 2.09. The monoisotopic (exact) mass is 128 g/mol. The third kappa shape index (κ3) is 4.46. The fourth-order valence-electron chi connectivity index (χ4n) is 1.01. The fourth-order valence-corrected chi connectivity index (χ4v) is 1.01. The van der Waals surface area contributed by atoms with Crippen LogP contribution < -0.4 is 5.32 Å². The molecule has 0 rings (SSSR count). The highest BCUT2D eigenvalue weighted by molar-refractivity contribution is 4.76. The van der Waals surface area contributed by atoms with Crippen LogP contribution in [0.5, 0.6) is 0 Å². The van der Waals surface area contributed by atoms with Crippen LogP contribution in [0.25, 0.3) is 0 Å². The molecule has 0 amide bonds. The summed E-state index contributed by atoms with van der Waals surface area (Å²) in [7, 11) is 0. The van der Waals surface area contributed by atoms with E-state index in [-0.39, 0.29) is 5.54 Å². The summed E-state index contributed by atoms with van der Waals surface area (Å²) in [5.74, 6) is 0. The van der Waals surface area contributed by atoms with Gasteiger partial charge in [-0.3, -0.25) is 0 Å². The standard InChI is InChI=1S/C8H18N/c1-5-7-8(3,4)9-6-2/h9H,1,5-7H2,2-4H3. The molecule has 9 heavy (non-hydrogen) atoms. The van der Waals surface area contributed by atoms with Crippen LogP contribution in [0.2, 0.25) is 0 Å². The lowest BCUT2D eigenvalue weighted by atomic mass is 9.99. The molecule has 0 fully saturated rings. The molecule has 1 nitrogen and oxygen atoms in total. The topological polar surface area (TPSA) is 12.0 Å². The van der Waals surface area contributed by atoms with Crippen LogP contribution in [0, 0.1) is 6.92 Å². The molecule has 0 saturated carbocycles. The Morgan fingerprint density at radius 2 is 2.00 bits per heavy atom. The van der Waals surface area contributed by atoms with Gasteiger partial charge in [0, 0.05) is 5.54 Å². The molecule has 0 spiro atoms. The van der Waals surface area contributed by atoms with Gasteiger partial charge in [-0.15, -0.1) is 0 Å². The van der Waals surface area contributed by atoms with E-state index in [1.165, 1.54) is 0 Å². The zero-order valence-electron chi connectivity index (χ0n) is 6.83. The van der Waals surface area contributed by atoms with Gasteiger partial charge in [-0.25, -0.2) is 0 Å². The molecule has 0 aliphatic rings. The van der Waals surface area contributed by atoms with Crippen molar-refractivity contribution >= 4 is 0 Å². The largest absolute Gasteiger partial charge is 0.312 e. The van der Waals surface area contributed by atoms with E-state index in [1.807, 2.05) is 0 Å². The summed E-state index contributed by atoms with van der Waals surface area (Å²) in [6.07, 6.45) is 2.17. The third-order valence-electron chi connectivity index (χ3n) is 1.46. The van der Waals surface area contributed by atoms with Crippen molar-refractivity contribution in [1.29, 1.82) is 0 Å². The summed E-state index contributed by atoms with van der Waals surface area (Å²) in [4.78, 5) is 0. The van der Waals surface area contributed by atoms with Crippen LogP contribution in [0.3, 0.4) is 0 Å². The smallest absolute Gasteiger partial charge is 0.0125 e. The molecule has 0 unspecified atom stereocenters. The minimum Gasteiger partial charge on any atom is -0.312 e. The number of hydrogen-bond acceptors (Lipinski definition) is 1. The van der Waals surface area contributed by atoms with Gasteiger partial charge in [0.25, 0.3) is 0 Å². The van der Waals surface area contributed by atoms with E-state index >= 15 is 0 Å². The van der Waals surface area contributed by atoms with E-state index in [9.17, 15) is 0 Å². The Morgan fingerprint density at radius 3 is 2.33 bits per heavy atom. The van der Waals surface area contributed by atoms with Crippen molar-refractivity contribution < 1.29 is 0 Å². The molecule has 0 bridgehead atoms. The highest BCUT2D eigenvalue weighted by atomic mass is 14.9. The van der Waals surface area contributed by atoms with E-state index in [1.54, 1.807) is 0 Å². The van der Waals surface area contributed by atoms with E-state index < -0.39 is 0 Å². The number of rotatable bonds is 4. The van der Waals surface area contributed by atoms with Gasteiger partial charge in [-0.05, 0) is 26.8 Å². The summed E-state index contributed by atoms with van der Waals surface area (Å²) < 4.78 is 0. The van der Waals surface area contributed by atoms with Gasteiger partial charge in [0.1, 0.15) is 0 Å². The molecule has 1 radical (unpaired) electrons. The summed E-state index contributed by atoms with van der Waals surface area (Å²) in [6, 6.07) is 0. The molecular weight excluding hydrogens is 110 g/mol. The van der Waals surface area contributed by atoms with Gasteiger partial charge < -0.3 is 5.32 Å². The molecule has 0 heterocycles. The second-order valence-corrected chi connectivity index (χ2v) is 3.02. The zero-order valence-corrected chi connectivity index (χ0v) is 6.83. The van der Waals surface area contributed by atoms with Gasteiger partial charge >= 0.3 is 0 Å². The maximum Gasteiger partial charge on any atom is 0.0125 e. The van der Waals surface area contributed by atoms with E-state index in [4.69, 9.17) is 0 Å². The van der Waals surface area contributed by atoms with Crippen LogP contribution in [0.1, 0.15) is 33.6 Å². The minimum atomic E-state index is 0.288. The van der Waals surface area contributed by atoms with Crippen molar-refractivity contribution in [1.82, 2.24) is 5.32 Å². The second-order valence-electron chi connectivity index (χ2n) is 3.02. The Labute approximate surface area is 58.8 Å². The molecule has 1 N–H and O–H groups in total. The first kappa shape index (κ1) is 8.96. The average Bonchev–Trinajstić information content (AvgIpc) is 1.64. The highest BCUT2D eigenvalue weighted by Gasteiger charge is 2.12. The Kier molecular flexibility index (Phi) is 3.87. The third-order valence-corrected chi connectivity index (χ3v) is 1.46. The molecule has 0 aromatic carbocycles. The summed E-state index contributed by atoms with van der Waals surface area (Å²) in [6.45, 7) is 11.4. The van der Waals surface area contributed by atoms with Crippen LogP contribution in [0.4, 0.5) is 0 Å². The molecule has 0 saturated heterocycles. The minimum absolute atomic E-state index is 0.288. The molecular formula is C8H18N. The van der Waals surface area contributed by atoms with Gasteiger partial charge in [0.2, 0.25) is 0 Å². The first-order valence-corrected chi connectivity index (χ1v) is 3.66. The maximum absolute atomic E-state index is 3.81. The predicted octanol–water partition coefficient (Wildman–Crippen LogP) is 1.99. The van der Waals surface area contributed by atoms with Gasteiger partial charge in [-0.1, -0.05) is 20.3 Å². The van der Waals surface area contributed by atoms with Crippen molar-refractivity contribution in [3.8, 4) is 0 Å². The average molecular weight is 128 g/mol. The zero-order chi connectivity index (χ0) is 7.33. The Bertz CT molecular complexity index is 59.0. The Balaban J connectivity index is 3.43. The van der Waals surface area contributed by atoms with Crippen LogP contribution in [0.15, 0.2) is 0 Å². The summed E-state index contributed by atoms with van der Waals surface area (Å²) in [5.41, 5.74) is 0.288. The lowest BCUT2D eigenvalue weighted by molar-refractivity contribution is 0.374. The first-order valence-electron chi connectivity index (χ1n) is 3.66. The normalized spacial score (nSPS) is 12.0. The maximum atomic E-state index is 3.81. The molecule has 1 heteroatoms. The first-order chi connectivity index (χ1) is 4.12. The van der Waals surface area contributed by atoms with Gasteiger partial charge in [0.05, 0.1) is 0 Å². The van der Waals surface area contributed by atoms with E-state index in [0.29, 0.717) is 0 Å². The number of hydrogen-bond donors (Lipinski definition) is 1. The van der Waals surface area contributed by atoms with Crippen LogP contribution in [-0.2, 0) is 0 Å². The number of nitrogens with one attached hydrogen (secondary N) is 1. The van der Waals surface area contributed by atoms with Crippen molar-refractivity contribution in [3.63, 3.8) is 0 Å². The Hall–Kier alpha value is -0.0400. The van der Waals surface area contributed by atoms with Gasteiger partial charge in [0.15, 0.2) is 0 Å². The summed E-state index contributed by atoms with van der Waals surface area (Å²) in [5, 5.41) is 3.38. The lowest BCUT2D eigenvalue weighted by Crippen LogP contribution is -2.38. The van der Waals surface area contributed by atoms with Gasteiger partial charge in [-0.2, -0.15) is 0 Å². The summed E-state index contributed by atoms with van der Waals surface area (Å²) >= 11 is 0. The second kappa shape index (κ2) is 3.89. The van der Waals surface area contributed by atoms with Crippen molar-refractivity contribution in [2.75, 3.05) is 6.54 Å². The molecule has 55 valence electrons. The van der Waals surface area contributed by atoms with Crippen molar-refractivity contribution in [2.24, 2.45) is 0 Å². The van der Waals surface area contributed by atoms with Crippen molar-refractivity contribution in [2.45, 2.75) is 39.2 Å². The fraction of sp³-hybridized carbons (Fsp3) is 0.875. The van der Waals surface area contributed by atoms with E-state index in [2.05, 4.69) is 33.0 Å². The molecule has 0 aromatic heterocycles. The quantitative estimate of drug-likeness (QED) is 0.610. The lowest BCUT2D eigenvalue weighted by Gasteiger charge is -2.24. The van der Waals surface area contributed by atoms with Crippen LogP contribution >= 0.6 is 0 Å². The molecule has 0 atom stereocenters. The van der Waals surface area contributed by atoms with Crippen molar-refractivity contribution in [3.05, 3.63) is 6.92 Å². The molecule has 0 aliphatic heterocycles. The Morgan fingerprint density at radius 1 is 1.44 bits per heavy atom. The molecule has 0 aliphatic carbocycles.